The van der Waals surface area contributed by atoms with Crippen LogP contribution >= 0.6 is 0 Å². The van der Waals surface area contributed by atoms with E-state index >= 15 is 0 Å². The molecule has 1 amide bonds. The van der Waals surface area contributed by atoms with Crippen LogP contribution in [0.3, 0.4) is 0 Å². The van der Waals surface area contributed by atoms with Crippen molar-refractivity contribution in [1.29, 1.82) is 0 Å². The highest BCUT2D eigenvalue weighted by Crippen LogP contribution is 2.35. The summed E-state index contributed by atoms with van der Waals surface area (Å²) in [6.45, 7) is 2.27. The first kappa shape index (κ1) is 22.1. The van der Waals surface area contributed by atoms with Crippen molar-refractivity contribution in [2.75, 3.05) is 24.3 Å². The summed E-state index contributed by atoms with van der Waals surface area (Å²) in [7, 11) is 3.66. The van der Waals surface area contributed by atoms with Gasteiger partial charge in [0.2, 0.25) is 0 Å². The van der Waals surface area contributed by atoms with Gasteiger partial charge >= 0.3 is 6.18 Å². The normalized spacial score (nSPS) is 19.2. The van der Waals surface area contributed by atoms with Crippen LogP contribution in [0, 0.1) is 5.92 Å². The Labute approximate surface area is 184 Å². The molecule has 1 aliphatic rings. The van der Waals surface area contributed by atoms with Gasteiger partial charge in [0.15, 0.2) is 0 Å². The molecule has 0 saturated heterocycles. The molecule has 0 aliphatic heterocycles. The molecule has 0 spiro atoms. The quantitative estimate of drug-likeness (QED) is 0.574. The largest absolute Gasteiger partial charge is 0.433 e. The average Bonchev–Trinajstić information content (AvgIpc) is 3.16. The number of hydrogen-bond donors (Lipinski definition) is 1. The Hall–Kier alpha value is -3.10. The van der Waals surface area contributed by atoms with Crippen molar-refractivity contribution in [1.82, 2.24) is 14.8 Å². The Kier molecular flexibility index (Phi) is 5.83. The molecular weight excluding hydrogens is 419 g/mol. The molecule has 1 aliphatic carbocycles. The van der Waals surface area contributed by atoms with Crippen LogP contribution in [0.15, 0.2) is 36.5 Å². The summed E-state index contributed by atoms with van der Waals surface area (Å²) in [6.07, 6.45) is 1.88. The van der Waals surface area contributed by atoms with Gasteiger partial charge in [0.25, 0.3) is 5.91 Å². The smallest absolute Gasteiger partial charge is 0.376 e. The fourth-order valence-corrected chi connectivity index (χ4v) is 4.15. The van der Waals surface area contributed by atoms with Gasteiger partial charge in [-0.05, 0) is 55.9 Å². The number of halogens is 3. The van der Waals surface area contributed by atoms with Crippen molar-refractivity contribution >= 4 is 28.2 Å². The fourth-order valence-electron chi connectivity index (χ4n) is 4.15. The van der Waals surface area contributed by atoms with Gasteiger partial charge in [0.1, 0.15) is 11.4 Å². The second-order valence-corrected chi connectivity index (χ2v) is 8.71. The van der Waals surface area contributed by atoms with E-state index < -0.39 is 17.8 Å². The van der Waals surface area contributed by atoms with Gasteiger partial charge in [-0.15, -0.1) is 0 Å². The maximum absolute atomic E-state index is 13.0. The first-order valence-corrected chi connectivity index (χ1v) is 10.7. The maximum atomic E-state index is 13.0. The molecule has 4 rings (SSSR count). The minimum absolute atomic E-state index is 0.295. The van der Waals surface area contributed by atoms with E-state index in [1.165, 1.54) is 25.0 Å². The minimum atomic E-state index is -4.62. The van der Waals surface area contributed by atoms with Crippen LogP contribution in [0.1, 0.15) is 54.8 Å². The van der Waals surface area contributed by atoms with Crippen LogP contribution in [0.2, 0.25) is 0 Å². The molecule has 0 bridgehead atoms. The topological polar surface area (TPSA) is 63.1 Å². The maximum Gasteiger partial charge on any atom is 0.433 e. The summed E-state index contributed by atoms with van der Waals surface area (Å²) in [4.78, 5) is 18.0. The zero-order valence-corrected chi connectivity index (χ0v) is 18.3. The number of carbonyl (C=O) groups is 1. The van der Waals surface area contributed by atoms with E-state index in [-0.39, 0.29) is 5.69 Å². The van der Waals surface area contributed by atoms with Crippen molar-refractivity contribution in [2.45, 2.75) is 44.8 Å². The molecule has 1 saturated carbocycles. The van der Waals surface area contributed by atoms with Gasteiger partial charge in [0, 0.05) is 25.7 Å². The number of alkyl halides is 3. The Morgan fingerprint density at radius 3 is 2.53 bits per heavy atom. The highest BCUT2D eigenvalue weighted by molar-refractivity contribution is 6.06. The molecule has 0 atom stereocenters. The van der Waals surface area contributed by atoms with Crippen molar-refractivity contribution < 1.29 is 18.0 Å². The number of rotatable bonds is 4. The number of pyridine rings is 1. The van der Waals surface area contributed by atoms with Gasteiger partial charge in [0.05, 0.1) is 22.9 Å². The van der Waals surface area contributed by atoms with Crippen LogP contribution in [-0.2, 0) is 6.18 Å². The number of hydrogen-bond acceptors (Lipinski definition) is 4. The second kappa shape index (κ2) is 8.44. The molecule has 2 heterocycles. The first-order valence-electron chi connectivity index (χ1n) is 10.7. The molecule has 0 radical (unpaired) electrons. The van der Waals surface area contributed by atoms with Crippen LogP contribution in [0.25, 0.3) is 10.9 Å². The van der Waals surface area contributed by atoms with Crippen LogP contribution in [0.5, 0.6) is 0 Å². The van der Waals surface area contributed by atoms with Gasteiger partial charge in [-0.3, -0.25) is 9.48 Å². The van der Waals surface area contributed by atoms with Gasteiger partial charge in [-0.25, -0.2) is 4.98 Å². The molecule has 32 heavy (non-hydrogen) atoms. The number of amides is 1. The number of fused-ring (bicyclic) bond motifs is 1. The first-order chi connectivity index (χ1) is 15.1. The van der Waals surface area contributed by atoms with E-state index in [1.807, 2.05) is 42.0 Å². The molecule has 9 heteroatoms. The number of aromatic nitrogens is 3. The summed E-state index contributed by atoms with van der Waals surface area (Å²) in [5, 5.41) is 8.35. The number of nitrogens with zero attached hydrogens (tertiary/aromatic N) is 4. The van der Waals surface area contributed by atoms with E-state index in [1.54, 1.807) is 0 Å². The zero-order valence-electron chi connectivity index (χ0n) is 18.3. The van der Waals surface area contributed by atoms with Gasteiger partial charge < -0.3 is 10.2 Å². The minimum Gasteiger partial charge on any atom is -0.376 e. The summed E-state index contributed by atoms with van der Waals surface area (Å²) < 4.78 is 40.9. The molecule has 1 fully saturated rings. The van der Waals surface area contributed by atoms with Crippen LogP contribution in [-0.4, -0.2) is 34.8 Å². The molecular formula is C23H26F3N5O. The number of nitrogens with one attached hydrogen (secondary N) is 1. The summed E-state index contributed by atoms with van der Waals surface area (Å²) in [5.41, 5.74) is 0.611. The SMILES string of the molecule is CC1CCC(n2cc3cc(NC(=O)c4cccc(C(F)(F)F)n4)c(N(C)C)cc3n2)CC1. The summed E-state index contributed by atoms with van der Waals surface area (Å²) >= 11 is 0. The lowest BCUT2D eigenvalue weighted by atomic mass is 9.87. The van der Waals surface area contributed by atoms with E-state index in [4.69, 9.17) is 5.10 Å². The monoisotopic (exact) mass is 445 g/mol. The molecule has 1 aromatic carbocycles. The van der Waals surface area contributed by atoms with Crippen molar-refractivity contribution in [3.8, 4) is 0 Å². The fraction of sp³-hybridized carbons (Fsp3) is 0.435. The molecule has 1 N–H and O–H groups in total. The van der Waals surface area contributed by atoms with Crippen molar-refractivity contribution in [2.24, 2.45) is 5.92 Å². The molecule has 0 unspecified atom stereocenters. The summed E-state index contributed by atoms with van der Waals surface area (Å²) in [6, 6.07) is 7.33. The lowest BCUT2D eigenvalue weighted by molar-refractivity contribution is -0.141. The zero-order chi connectivity index (χ0) is 23.0. The molecule has 6 nitrogen and oxygen atoms in total. The van der Waals surface area contributed by atoms with Crippen LogP contribution < -0.4 is 10.2 Å². The Balaban J connectivity index is 1.64. The van der Waals surface area contributed by atoms with Crippen molar-refractivity contribution in [3.63, 3.8) is 0 Å². The lowest BCUT2D eigenvalue weighted by Gasteiger charge is -2.26. The van der Waals surface area contributed by atoms with E-state index in [2.05, 4.69) is 17.2 Å². The number of anilines is 2. The highest BCUT2D eigenvalue weighted by atomic mass is 19.4. The summed E-state index contributed by atoms with van der Waals surface area (Å²) in [5.74, 6) is 0.0371. The standard InChI is InChI=1S/C23H26F3N5O/c1-14-7-9-16(10-8-14)31-13-15-11-19(20(30(2)3)12-18(15)29-31)28-22(32)17-5-4-6-21(27-17)23(24,25)26/h4-6,11-14,16H,7-10H2,1-3H3,(H,28,32). The third-order valence-corrected chi connectivity index (χ3v) is 6.00. The average molecular weight is 445 g/mol. The predicted molar refractivity (Wildman–Crippen MR) is 118 cm³/mol. The van der Waals surface area contributed by atoms with Crippen molar-refractivity contribution in [3.05, 3.63) is 47.9 Å². The third-order valence-electron chi connectivity index (χ3n) is 6.00. The lowest BCUT2D eigenvalue weighted by Crippen LogP contribution is -2.19. The Bertz CT molecular complexity index is 1130. The van der Waals surface area contributed by atoms with E-state index in [9.17, 15) is 18.0 Å². The van der Waals surface area contributed by atoms with Crippen LogP contribution in [0.4, 0.5) is 24.5 Å². The predicted octanol–water partition coefficient (Wildman–Crippen LogP) is 5.52. The number of benzene rings is 1. The van der Waals surface area contributed by atoms with E-state index in [0.717, 1.165) is 35.7 Å². The molecule has 3 aromatic rings. The van der Waals surface area contributed by atoms with Gasteiger partial charge in [-0.1, -0.05) is 13.0 Å². The number of carbonyl (C=O) groups excluding carboxylic acids is 1. The Morgan fingerprint density at radius 2 is 1.88 bits per heavy atom. The molecule has 170 valence electrons. The highest BCUT2D eigenvalue weighted by Gasteiger charge is 2.33. The second-order valence-electron chi connectivity index (χ2n) is 8.71. The molecule has 2 aromatic heterocycles. The Morgan fingerprint density at radius 1 is 1.16 bits per heavy atom. The third kappa shape index (κ3) is 4.56. The van der Waals surface area contributed by atoms with Gasteiger partial charge in [-0.2, -0.15) is 18.3 Å². The van der Waals surface area contributed by atoms with E-state index in [0.29, 0.717) is 17.4 Å².